The molecule has 22 heavy (non-hydrogen) atoms. The quantitative estimate of drug-likeness (QED) is 0.648. The Bertz CT molecular complexity index is 921. The van der Waals surface area contributed by atoms with Crippen molar-refractivity contribution in [3.8, 4) is 0 Å². The molecule has 2 rings (SSSR count). The van der Waals surface area contributed by atoms with E-state index in [1.54, 1.807) is 30.3 Å². The van der Waals surface area contributed by atoms with Crippen LogP contribution in [0.5, 0.6) is 0 Å². The van der Waals surface area contributed by atoms with Crippen molar-refractivity contribution in [1.29, 1.82) is 0 Å². The highest BCUT2D eigenvalue weighted by Gasteiger charge is 2.24. The van der Waals surface area contributed by atoms with E-state index in [1.807, 2.05) is 0 Å². The van der Waals surface area contributed by atoms with E-state index in [4.69, 9.17) is 9.11 Å². The summed E-state index contributed by atoms with van der Waals surface area (Å²) in [5, 5.41) is 7.57. The van der Waals surface area contributed by atoms with Gasteiger partial charge in [-0.15, -0.1) is 0 Å². The van der Waals surface area contributed by atoms with E-state index < -0.39 is 30.0 Å². The maximum atomic E-state index is 11.2. The zero-order chi connectivity index (χ0) is 16.4. The lowest BCUT2D eigenvalue weighted by atomic mass is 10.3. The predicted octanol–water partition coefficient (Wildman–Crippen LogP) is 2.60. The number of hydrogen-bond acceptors (Lipinski definition) is 6. The van der Waals surface area contributed by atoms with Gasteiger partial charge in [0, 0.05) is 0 Å². The fourth-order valence-corrected chi connectivity index (χ4v) is 3.36. The first kappa shape index (κ1) is 16.2. The minimum absolute atomic E-state index is 0.0103. The third-order valence-electron chi connectivity index (χ3n) is 2.52. The van der Waals surface area contributed by atoms with Crippen LogP contribution < -0.4 is 0 Å². The summed E-state index contributed by atoms with van der Waals surface area (Å²) in [6.07, 6.45) is 0. The third-order valence-corrected chi connectivity index (χ3v) is 4.45. The van der Waals surface area contributed by atoms with Crippen LogP contribution >= 0.6 is 0 Å². The summed E-state index contributed by atoms with van der Waals surface area (Å²) in [5.74, 6) is 0. The second-order valence-corrected chi connectivity index (χ2v) is 6.90. The molecule has 2 aromatic rings. The molecule has 0 bridgehead atoms. The molecule has 0 aliphatic carbocycles. The SMILES string of the molecule is O=S(=O)(O)c1ccc(/N=N/c2ccccc2)cc1S(=O)(=O)O. The number of azo groups is 1. The summed E-state index contributed by atoms with van der Waals surface area (Å²) in [4.78, 5) is -1.91. The van der Waals surface area contributed by atoms with Crippen LogP contribution in [0.4, 0.5) is 11.4 Å². The highest BCUT2D eigenvalue weighted by Crippen LogP contribution is 2.27. The standard InChI is InChI=1S/C12H10N2O6S2/c15-21(16,17)11-7-6-10(8-12(11)22(18,19)20)14-13-9-4-2-1-3-5-9/h1-8H,(H,15,16,17)(H,18,19,20)/b14-13+. The molecule has 2 N–H and O–H groups in total. The van der Waals surface area contributed by atoms with Crippen molar-refractivity contribution in [2.24, 2.45) is 10.2 Å². The molecule has 0 atom stereocenters. The molecule has 0 aliphatic heterocycles. The van der Waals surface area contributed by atoms with Crippen LogP contribution in [0, 0.1) is 0 Å². The summed E-state index contributed by atoms with van der Waals surface area (Å²) >= 11 is 0. The number of nitrogens with zero attached hydrogens (tertiary/aromatic N) is 2. The highest BCUT2D eigenvalue weighted by atomic mass is 32.2. The average Bonchev–Trinajstić information content (AvgIpc) is 2.44. The molecule has 116 valence electrons. The lowest BCUT2D eigenvalue weighted by Gasteiger charge is -2.04. The molecule has 0 saturated carbocycles. The fraction of sp³-hybridized carbons (Fsp3) is 0. The second kappa shape index (κ2) is 5.93. The Morgan fingerprint density at radius 3 is 1.77 bits per heavy atom. The van der Waals surface area contributed by atoms with Crippen LogP contribution in [0.15, 0.2) is 68.6 Å². The molecular formula is C12H10N2O6S2. The van der Waals surface area contributed by atoms with E-state index in [-0.39, 0.29) is 5.69 Å². The van der Waals surface area contributed by atoms with Crippen LogP contribution in [0.3, 0.4) is 0 Å². The summed E-state index contributed by atoms with van der Waals surface area (Å²) < 4.78 is 62.7. The Labute approximate surface area is 126 Å². The van der Waals surface area contributed by atoms with Crippen molar-refractivity contribution in [3.63, 3.8) is 0 Å². The first-order valence-electron chi connectivity index (χ1n) is 5.74. The Hall–Kier alpha value is -2.14. The van der Waals surface area contributed by atoms with Gasteiger partial charge in [0.15, 0.2) is 0 Å². The van der Waals surface area contributed by atoms with Crippen molar-refractivity contribution in [3.05, 3.63) is 48.5 Å². The van der Waals surface area contributed by atoms with E-state index in [1.165, 1.54) is 0 Å². The van der Waals surface area contributed by atoms with Gasteiger partial charge in [0.2, 0.25) is 0 Å². The molecular weight excluding hydrogens is 332 g/mol. The van der Waals surface area contributed by atoms with Crippen molar-refractivity contribution in [2.45, 2.75) is 9.79 Å². The first-order valence-corrected chi connectivity index (χ1v) is 8.62. The van der Waals surface area contributed by atoms with E-state index in [0.29, 0.717) is 5.69 Å². The summed E-state index contributed by atoms with van der Waals surface area (Å²) in [6, 6.07) is 11.3. The van der Waals surface area contributed by atoms with Crippen molar-refractivity contribution < 1.29 is 25.9 Å². The van der Waals surface area contributed by atoms with E-state index in [9.17, 15) is 16.8 Å². The molecule has 0 heterocycles. The summed E-state index contributed by atoms with van der Waals surface area (Å²) in [6.45, 7) is 0. The Kier molecular flexibility index (Phi) is 4.37. The molecule has 2 aromatic carbocycles. The summed E-state index contributed by atoms with van der Waals surface area (Å²) in [5.41, 5.74) is 0.485. The van der Waals surface area contributed by atoms with Crippen molar-refractivity contribution in [2.75, 3.05) is 0 Å². The van der Waals surface area contributed by atoms with Gasteiger partial charge in [-0.2, -0.15) is 27.1 Å². The van der Waals surface area contributed by atoms with E-state index in [0.717, 1.165) is 18.2 Å². The fourth-order valence-electron chi connectivity index (χ4n) is 1.58. The zero-order valence-corrected chi connectivity index (χ0v) is 12.5. The van der Waals surface area contributed by atoms with Crippen LogP contribution in [0.2, 0.25) is 0 Å². The van der Waals surface area contributed by atoms with Crippen LogP contribution in [-0.4, -0.2) is 25.9 Å². The maximum absolute atomic E-state index is 11.2. The van der Waals surface area contributed by atoms with Gasteiger partial charge < -0.3 is 0 Å². The molecule has 0 aliphatic rings. The van der Waals surface area contributed by atoms with Gasteiger partial charge in [0.05, 0.1) is 11.4 Å². The van der Waals surface area contributed by atoms with Gasteiger partial charge in [-0.1, -0.05) is 18.2 Å². The molecule has 0 amide bonds. The van der Waals surface area contributed by atoms with Gasteiger partial charge >= 0.3 is 0 Å². The number of benzene rings is 2. The zero-order valence-electron chi connectivity index (χ0n) is 10.9. The minimum Gasteiger partial charge on any atom is -0.282 e. The van der Waals surface area contributed by atoms with Crippen molar-refractivity contribution in [1.82, 2.24) is 0 Å². The van der Waals surface area contributed by atoms with Crippen LogP contribution in [0.25, 0.3) is 0 Å². The van der Waals surface area contributed by atoms with Crippen LogP contribution in [0.1, 0.15) is 0 Å². The Balaban J connectivity index is 2.51. The largest absolute Gasteiger partial charge is 0.295 e. The highest BCUT2D eigenvalue weighted by molar-refractivity contribution is 7.89. The lowest BCUT2D eigenvalue weighted by molar-refractivity contribution is 0.466. The predicted molar refractivity (Wildman–Crippen MR) is 76.7 cm³/mol. The lowest BCUT2D eigenvalue weighted by Crippen LogP contribution is -2.08. The molecule has 0 spiro atoms. The van der Waals surface area contributed by atoms with Gasteiger partial charge in [0.1, 0.15) is 9.79 Å². The molecule has 0 fully saturated rings. The average molecular weight is 342 g/mol. The third kappa shape index (κ3) is 3.95. The van der Waals surface area contributed by atoms with Gasteiger partial charge in [-0.25, -0.2) is 0 Å². The second-order valence-electron chi connectivity index (χ2n) is 4.12. The molecule has 8 nitrogen and oxygen atoms in total. The number of rotatable bonds is 4. The summed E-state index contributed by atoms with van der Waals surface area (Å²) in [7, 11) is -9.67. The monoisotopic (exact) mass is 342 g/mol. The molecule has 0 radical (unpaired) electrons. The number of hydrogen-bond donors (Lipinski definition) is 2. The van der Waals surface area contributed by atoms with E-state index >= 15 is 0 Å². The van der Waals surface area contributed by atoms with Crippen molar-refractivity contribution >= 4 is 31.6 Å². The normalized spacial score (nSPS) is 12.6. The smallest absolute Gasteiger partial charge is 0.282 e. The molecule has 10 heteroatoms. The minimum atomic E-state index is -4.86. The molecule has 0 saturated heterocycles. The molecule has 0 unspecified atom stereocenters. The molecule has 0 aromatic heterocycles. The maximum Gasteiger partial charge on any atom is 0.295 e. The van der Waals surface area contributed by atoms with Gasteiger partial charge in [0.25, 0.3) is 20.2 Å². The topological polar surface area (TPSA) is 133 Å². The van der Waals surface area contributed by atoms with Gasteiger partial charge in [-0.05, 0) is 30.3 Å². The van der Waals surface area contributed by atoms with E-state index in [2.05, 4.69) is 10.2 Å². The first-order chi connectivity index (χ1) is 10.2. The van der Waals surface area contributed by atoms with Crippen LogP contribution in [-0.2, 0) is 20.2 Å². The van der Waals surface area contributed by atoms with Gasteiger partial charge in [-0.3, -0.25) is 9.11 Å². The Morgan fingerprint density at radius 2 is 1.23 bits per heavy atom. The Morgan fingerprint density at radius 1 is 0.682 bits per heavy atom.